The lowest BCUT2D eigenvalue weighted by Gasteiger charge is -2.26. The molecule has 0 atom stereocenters. The van der Waals surface area contributed by atoms with Gasteiger partial charge in [0.25, 0.3) is 5.91 Å². The summed E-state index contributed by atoms with van der Waals surface area (Å²) in [6.07, 6.45) is 0.834. The number of ether oxygens (including phenoxy) is 1. The molecule has 29 heavy (non-hydrogen) atoms. The van der Waals surface area contributed by atoms with Gasteiger partial charge in [0, 0.05) is 12.1 Å². The van der Waals surface area contributed by atoms with Gasteiger partial charge in [0.1, 0.15) is 23.9 Å². The van der Waals surface area contributed by atoms with Gasteiger partial charge < -0.3 is 19.0 Å². The molecule has 1 aromatic heterocycles. The van der Waals surface area contributed by atoms with E-state index in [9.17, 15) is 4.79 Å². The smallest absolute Gasteiger partial charge is 0.254 e. The van der Waals surface area contributed by atoms with Crippen LogP contribution < -0.4 is 4.74 Å². The van der Waals surface area contributed by atoms with Crippen molar-refractivity contribution < 1.29 is 13.9 Å². The first-order valence-electron chi connectivity index (χ1n) is 9.90. The summed E-state index contributed by atoms with van der Waals surface area (Å²) in [5.74, 6) is 2.74. The molecule has 150 valence electrons. The van der Waals surface area contributed by atoms with Crippen molar-refractivity contribution in [3.63, 3.8) is 0 Å². The van der Waals surface area contributed by atoms with Crippen molar-refractivity contribution in [2.75, 3.05) is 20.6 Å². The number of furan rings is 1. The Labute approximate surface area is 171 Å². The van der Waals surface area contributed by atoms with Crippen LogP contribution in [0.2, 0.25) is 0 Å². The highest BCUT2D eigenvalue weighted by Gasteiger charge is 2.25. The summed E-state index contributed by atoms with van der Waals surface area (Å²) < 4.78 is 11.7. The SMILES string of the molecule is CN(C)Cc1cc2c(o1)CN(C(=O)c1ccc(COc3ccccc3)cc1)CC2. The maximum atomic E-state index is 12.9. The largest absolute Gasteiger partial charge is 0.489 e. The Morgan fingerprint density at radius 1 is 1.10 bits per heavy atom. The van der Waals surface area contributed by atoms with E-state index >= 15 is 0 Å². The molecule has 0 saturated heterocycles. The minimum absolute atomic E-state index is 0.0386. The van der Waals surface area contributed by atoms with E-state index < -0.39 is 0 Å². The van der Waals surface area contributed by atoms with Gasteiger partial charge in [0.15, 0.2) is 0 Å². The zero-order valence-electron chi connectivity index (χ0n) is 16.9. The van der Waals surface area contributed by atoms with Gasteiger partial charge >= 0.3 is 0 Å². The number of para-hydroxylation sites is 1. The van der Waals surface area contributed by atoms with Crippen LogP contribution in [0.15, 0.2) is 65.1 Å². The van der Waals surface area contributed by atoms with Crippen LogP contribution in [-0.2, 0) is 26.1 Å². The predicted molar refractivity (Wildman–Crippen MR) is 112 cm³/mol. The van der Waals surface area contributed by atoms with Gasteiger partial charge in [-0.1, -0.05) is 30.3 Å². The molecule has 2 heterocycles. The molecular weight excluding hydrogens is 364 g/mol. The number of carbonyl (C=O) groups is 1. The summed E-state index contributed by atoms with van der Waals surface area (Å²) in [6, 6.07) is 19.5. The molecule has 4 rings (SSSR count). The van der Waals surface area contributed by atoms with E-state index in [1.807, 2.05) is 73.6 Å². The molecule has 1 aliphatic rings. The first-order chi connectivity index (χ1) is 14.1. The highest BCUT2D eigenvalue weighted by molar-refractivity contribution is 5.94. The van der Waals surface area contributed by atoms with Crippen molar-refractivity contribution in [3.8, 4) is 5.75 Å². The third-order valence-electron chi connectivity index (χ3n) is 5.04. The molecule has 0 bridgehead atoms. The van der Waals surface area contributed by atoms with E-state index in [1.165, 1.54) is 5.56 Å². The quantitative estimate of drug-likeness (QED) is 0.635. The van der Waals surface area contributed by atoms with Crippen molar-refractivity contribution in [1.82, 2.24) is 9.80 Å². The summed E-state index contributed by atoms with van der Waals surface area (Å²) >= 11 is 0. The second-order valence-electron chi connectivity index (χ2n) is 7.67. The van der Waals surface area contributed by atoms with Crippen LogP contribution in [0.25, 0.3) is 0 Å². The van der Waals surface area contributed by atoms with Crippen molar-refractivity contribution in [1.29, 1.82) is 0 Å². The lowest BCUT2D eigenvalue weighted by molar-refractivity contribution is 0.0718. The molecule has 0 unspecified atom stereocenters. The molecule has 5 heteroatoms. The first kappa shape index (κ1) is 19.3. The summed E-state index contributed by atoms with van der Waals surface area (Å²) in [7, 11) is 4.04. The van der Waals surface area contributed by atoms with Crippen LogP contribution >= 0.6 is 0 Å². The highest BCUT2D eigenvalue weighted by Crippen LogP contribution is 2.25. The average Bonchev–Trinajstić information content (AvgIpc) is 3.13. The van der Waals surface area contributed by atoms with Crippen LogP contribution in [0.4, 0.5) is 0 Å². The van der Waals surface area contributed by atoms with Crippen molar-refractivity contribution in [2.24, 2.45) is 0 Å². The fourth-order valence-corrected chi connectivity index (χ4v) is 3.55. The van der Waals surface area contributed by atoms with E-state index in [0.29, 0.717) is 25.3 Å². The maximum Gasteiger partial charge on any atom is 0.254 e. The average molecular weight is 390 g/mol. The normalized spacial score (nSPS) is 13.4. The lowest BCUT2D eigenvalue weighted by Crippen LogP contribution is -2.35. The number of amides is 1. The number of hydrogen-bond donors (Lipinski definition) is 0. The lowest BCUT2D eigenvalue weighted by atomic mass is 10.1. The number of nitrogens with zero attached hydrogens (tertiary/aromatic N) is 2. The molecule has 2 aromatic carbocycles. The summed E-state index contributed by atoms with van der Waals surface area (Å²) in [5.41, 5.74) is 2.95. The Hall–Kier alpha value is -3.05. The molecule has 0 aliphatic carbocycles. The molecule has 3 aromatic rings. The third-order valence-corrected chi connectivity index (χ3v) is 5.04. The monoisotopic (exact) mass is 390 g/mol. The van der Waals surface area contributed by atoms with E-state index in [1.54, 1.807) is 0 Å². The van der Waals surface area contributed by atoms with E-state index in [-0.39, 0.29) is 5.91 Å². The van der Waals surface area contributed by atoms with Crippen LogP contribution in [0.3, 0.4) is 0 Å². The standard InChI is InChI=1S/C24H26N2O3/c1-25(2)15-22-14-20-12-13-26(16-23(20)29-22)24(27)19-10-8-18(9-11-19)17-28-21-6-4-3-5-7-21/h3-11,14H,12-13,15-17H2,1-2H3. The summed E-state index contributed by atoms with van der Waals surface area (Å²) in [4.78, 5) is 16.9. The van der Waals surface area contributed by atoms with Crippen molar-refractivity contribution >= 4 is 5.91 Å². The highest BCUT2D eigenvalue weighted by atomic mass is 16.5. The Kier molecular flexibility index (Phi) is 5.67. The molecule has 0 saturated carbocycles. The van der Waals surface area contributed by atoms with Gasteiger partial charge in [-0.3, -0.25) is 4.79 Å². The van der Waals surface area contributed by atoms with Gasteiger partial charge in [-0.05, 0) is 62.0 Å². The maximum absolute atomic E-state index is 12.9. The number of carbonyl (C=O) groups excluding carboxylic acids is 1. The van der Waals surface area contributed by atoms with Crippen LogP contribution in [0.5, 0.6) is 5.75 Å². The Morgan fingerprint density at radius 2 is 1.86 bits per heavy atom. The minimum Gasteiger partial charge on any atom is -0.489 e. The van der Waals surface area contributed by atoms with Crippen molar-refractivity contribution in [3.05, 3.63) is 88.9 Å². The second-order valence-corrected chi connectivity index (χ2v) is 7.67. The first-order valence-corrected chi connectivity index (χ1v) is 9.90. The fourth-order valence-electron chi connectivity index (χ4n) is 3.55. The van der Waals surface area contributed by atoms with E-state index in [0.717, 1.165) is 35.8 Å². The van der Waals surface area contributed by atoms with Crippen LogP contribution in [0.1, 0.15) is 33.0 Å². The van der Waals surface area contributed by atoms with Gasteiger partial charge in [0.05, 0.1) is 13.1 Å². The summed E-state index contributed by atoms with van der Waals surface area (Å²) in [5, 5.41) is 0. The molecular formula is C24H26N2O3. The Balaban J connectivity index is 1.37. The molecule has 1 aliphatic heterocycles. The topological polar surface area (TPSA) is 45.9 Å². The van der Waals surface area contributed by atoms with E-state index in [4.69, 9.17) is 9.15 Å². The van der Waals surface area contributed by atoms with Gasteiger partial charge in [-0.2, -0.15) is 0 Å². The van der Waals surface area contributed by atoms with Crippen LogP contribution in [0, 0.1) is 0 Å². The van der Waals surface area contributed by atoms with Gasteiger partial charge in [-0.15, -0.1) is 0 Å². The number of fused-ring (bicyclic) bond motifs is 1. The molecule has 0 fully saturated rings. The zero-order chi connectivity index (χ0) is 20.2. The van der Waals surface area contributed by atoms with Crippen molar-refractivity contribution in [2.45, 2.75) is 26.1 Å². The number of benzene rings is 2. The third kappa shape index (κ3) is 4.69. The predicted octanol–water partition coefficient (Wildman–Crippen LogP) is 4.12. The van der Waals surface area contributed by atoms with Gasteiger partial charge in [-0.25, -0.2) is 0 Å². The Bertz CT molecular complexity index is 962. The second kappa shape index (κ2) is 8.53. The minimum atomic E-state index is 0.0386. The number of rotatable bonds is 6. The van der Waals surface area contributed by atoms with E-state index in [2.05, 4.69) is 11.0 Å². The number of hydrogen-bond acceptors (Lipinski definition) is 4. The molecule has 0 N–H and O–H groups in total. The van der Waals surface area contributed by atoms with Crippen LogP contribution in [-0.4, -0.2) is 36.3 Å². The van der Waals surface area contributed by atoms with Gasteiger partial charge in [0.2, 0.25) is 0 Å². The molecule has 0 radical (unpaired) electrons. The summed E-state index contributed by atoms with van der Waals surface area (Å²) in [6.45, 7) is 2.49. The molecule has 1 amide bonds. The molecule has 5 nitrogen and oxygen atoms in total. The fraction of sp³-hybridized carbons (Fsp3) is 0.292. The molecule has 0 spiro atoms. The zero-order valence-corrected chi connectivity index (χ0v) is 16.9. The Morgan fingerprint density at radius 3 is 2.59 bits per heavy atom.